The lowest BCUT2D eigenvalue weighted by Gasteiger charge is -2.19. The molecule has 0 fully saturated rings. The van der Waals surface area contributed by atoms with Gasteiger partial charge in [0.2, 0.25) is 5.91 Å². The second-order valence-electron chi connectivity index (χ2n) is 4.57. The van der Waals surface area contributed by atoms with Gasteiger partial charge in [0.25, 0.3) is 0 Å². The minimum absolute atomic E-state index is 0. The molecule has 0 aliphatic rings. The van der Waals surface area contributed by atoms with Crippen molar-refractivity contribution in [2.24, 2.45) is 11.7 Å². The van der Waals surface area contributed by atoms with Crippen LogP contribution in [0.1, 0.15) is 26.7 Å². The van der Waals surface area contributed by atoms with Crippen LogP contribution in [0.2, 0.25) is 0 Å². The minimum Gasteiger partial charge on any atom is -0.467 e. The number of ether oxygens (including phenoxy) is 2. The van der Waals surface area contributed by atoms with E-state index in [0.717, 1.165) is 0 Å². The van der Waals surface area contributed by atoms with Crippen molar-refractivity contribution in [2.45, 2.75) is 38.8 Å². The minimum atomic E-state index is -0.613. The summed E-state index contributed by atoms with van der Waals surface area (Å²) in [5, 5.41) is 2.65. The van der Waals surface area contributed by atoms with Gasteiger partial charge in [-0.2, -0.15) is 0 Å². The molecule has 0 aromatic heterocycles. The first kappa shape index (κ1) is 20.5. The maximum atomic E-state index is 11.7. The Balaban J connectivity index is 0. The highest BCUT2D eigenvalue weighted by Crippen LogP contribution is 2.07. The van der Waals surface area contributed by atoms with Gasteiger partial charge in [-0.3, -0.25) is 4.79 Å². The van der Waals surface area contributed by atoms with Crippen molar-refractivity contribution < 1.29 is 19.1 Å². The summed E-state index contributed by atoms with van der Waals surface area (Å²) in [6, 6.07) is -0.613. The van der Waals surface area contributed by atoms with Gasteiger partial charge in [-0.1, -0.05) is 13.8 Å². The molecule has 2 unspecified atom stereocenters. The number of rotatable bonds is 8. The smallest absolute Gasteiger partial charge is 0.328 e. The van der Waals surface area contributed by atoms with Crippen molar-refractivity contribution in [1.29, 1.82) is 0 Å². The van der Waals surface area contributed by atoms with Crippen molar-refractivity contribution in [3.8, 4) is 0 Å². The van der Waals surface area contributed by atoms with E-state index in [-0.39, 0.29) is 43.3 Å². The van der Waals surface area contributed by atoms with E-state index in [1.807, 2.05) is 13.8 Å². The lowest BCUT2D eigenvalue weighted by atomic mass is 10.0. The zero-order valence-electron chi connectivity index (χ0n) is 12.0. The first-order chi connectivity index (χ1) is 8.44. The van der Waals surface area contributed by atoms with E-state index in [1.54, 1.807) is 0 Å². The van der Waals surface area contributed by atoms with E-state index in [9.17, 15) is 9.59 Å². The molecule has 0 heterocycles. The zero-order valence-corrected chi connectivity index (χ0v) is 12.8. The van der Waals surface area contributed by atoms with E-state index in [0.29, 0.717) is 6.42 Å². The normalized spacial score (nSPS) is 13.4. The van der Waals surface area contributed by atoms with E-state index in [4.69, 9.17) is 10.5 Å². The summed E-state index contributed by atoms with van der Waals surface area (Å²) in [7, 11) is 2.80. The molecule has 3 N–H and O–H groups in total. The molecule has 114 valence electrons. The fourth-order valence-electron chi connectivity index (χ4n) is 1.55. The van der Waals surface area contributed by atoms with Gasteiger partial charge in [-0.05, 0) is 12.3 Å². The van der Waals surface area contributed by atoms with Gasteiger partial charge in [0, 0.05) is 13.7 Å². The molecule has 0 saturated carbocycles. The zero-order chi connectivity index (χ0) is 14.1. The molecule has 0 radical (unpaired) electrons. The quantitative estimate of drug-likeness (QED) is 0.636. The van der Waals surface area contributed by atoms with Crippen LogP contribution in [-0.2, 0) is 19.1 Å². The van der Waals surface area contributed by atoms with E-state index in [2.05, 4.69) is 10.1 Å². The van der Waals surface area contributed by atoms with Crippen molar-refractivity contribution in [2.75, 3.05) is 20.8 Å². The molecule has 6 nitrogen and oxygen atoms in total. The lowest BCUT2D eigenvalue weighted by Crippen LogP contribution is -2.44. The summed E-state index contributed by atoms with van der Waals surface area (Å²) >= 11 is 0. The molecule has 0 aliphatic heterocycles. The molecule has 1 amide bonds. The molecule has 0 rings (SSSR count). The first-order valence-electron chi connectivity index (χ1n) is 6.04. The summed E-state index contributed by atoms with van der Waals surface area (Å²) in [6.45, 7) is 4.21. The Bertz CT molecular complexity index is 270. The Morgan fingerprint density at radius 3 is 2.21 bits per heavy atom. The Morgan fingerprint density at radius 1 is 1.26 bits per heavy atom. The average Bonchev–Trinajstić information content (AvgIpc) is 2.33. The van der Waals surface area contributed by atoms with Crippen molar-refractivity contribution in [3.63, 3.8) is 0 Å². The summed E-state index contributed by atoms with van der Waals surface area (Å²) in [5.41, 5.74) is 5.43. The number of nitrogens with two attached hydrogens (primary N) is 1. The van der Waals surface area contributed by atoms with Crippen LogP contribution < -0.4 is 11.1 Å². The molecule has 19 heavy (non-hydrogen) atoms. The predicted molar refractivity (Wildman–Crippen MR) is 75.1 cm³/mol. The molecule has 0 spiro atoms. The van der Waals surface area contributed by atoms with Crippen LogP contribution in [-0.4, -0.2) is 44.8 Å². The number of nitrogens with one attached hydrogen (secondary N) is 1. The molecule has 0 aromatic carbocycles. The SMILES string of the molecule is COC(=O)C(CC(C)C)NC(=O)CC(CN)OC.Cl. The third-order valence-electron chi connectivity index (χ3n) is 2.54. The largest absolute Gasteiger partial charge is 0.467 e. The second kappa shape index (κ2) is 11.0. The molecular formula is C12H25ClN2O4. The predicted octanol–water partition coefficient (Wildman–Crippen LogP) is 0.476. The Kier molecular flexibility index (Phi) is 11.9. The van der Waals surface area contributed by atoms with Crippen LogP contribution in [0.3, 0.4) is 0 Å². The van der Waals surface area contributed by atoms with Crippen LogP contribution >= 0.6 is 12.4 Å². The summed E-state index contributed by atoms with van der Waals surface area (Å²) < 4.78 is 9.68. The number of carbonyl (C=O) groups excluding carboxylic acids is 2. The van der Waals surface area contributed by atoms with Crippen LogP contribution in [0.5, 0.6) is 0 Å². The van der Waals surface area contributed by atoms with Crippen molar-refractivity contribution in [3.05, 3.63) is 0 Å². The molecular weight excluding hydrogens is 272 g/mol. The van der Waals surface area contributed by atoms with Crippen molar-refractivity contribution >= 4 is 24.3 Å². The van der Waals surface area contributed by atoms with Gasteiger partial charge >= 0.3 is 5.97 Å². The number of amides is 1. The van der Waals surface area contributed by atoms with Gasteiger partial charge in [0.15, 0.2) is 0 Å². The average molecular weight is 297 g/mol. The molecule has 7 heteroatoms. The standard InChI is InChI=1S/C12H24N2O4.ClH/c1-8(2)5-10(12(16)18-4)14-11(15)6-9(7-13)17-3;/h8-10H,5-7,13H2,1-4H3,(H,14,15);1H. The highest BCUT2D eigenvalue weighted by Gasteiger charge is 2.23. The van der Waals surface area contributed by atoms with Gasteiger partial charge in [-0.15, -0.1) is 12.4 Å². The second-order valence-corrected chi connectivity index (χ2v) is 4.57. The summed E-state index contributed by atoms with van der Waals surface area (Å²) in [5.74, 6) is -0.413. The third-order valence-corrected chi connectivity index (χ3v) is 2.54. The Hall–Kier alpha value is -0.850. The fourth-order valence-corrected chi connectivity index (χ4v) is 1.55. The van der Waals surface area contributed by atoms with E-state index >= 15 is 0 Å². The topological polar surface area (TPSA) is 90.7 Å². The third kappa shape index (κ3) is 8.80. The number of esters is 1. The molecule has 0 aromatic rings. The number of hydrogen-bond donors (Lipinski definition) is 2. The molecule has 2 atom stereocenters. The van der Waals surface area contributed by atoms with Crippen LogP contribution in [0, 0.1) is 5.92 Å². The highest BCUT2D eigenvalue weighted by atomic mass is 35.5. The van der Waals surface area contributed by atoms with Gasteiger partial charge in [0.05, 0.1) is 19.6 Å². The Labute approximate surface area is 120 Å². The summed E-state index contributed by atoms with van der Waals surface area (Å²) in [4.78, 5) is 23.2. The maximum absolute atomic E-state index is 11.7. The molecule has 0 saturated heterocycles. The molecule has 0 bridgehead atoms. The van der Waals surface area contributed by atoms with Gasteiger partial charge in [0.1, 0.15) is 6.04 Å². The van der Waals surface area contributed by atoms with Crippen molar-refractivity contribution in [1.82, 2.24) is 5.32 Å². The number of hydrogen-bond acceptors (Lipinski definition) is 5. The van der Waals surface area contributed by atoms with Crippen LogP contribution in [0.25, 0.3) is 0 Å². The van der Waals surface area contributed by atoms with E-state index < -0.39 is 12.0 Å². The molecule has 0 aliphatic carbocycles. The summed E-state index contributed by atoms with van der Waals surface area (Å²) in [6.07, 6.45) is 0.347. The van der Waals surface area contributed by atoms with Crippen LogP contribution in [0.4, 0.5) is 0 Å². The first-order valence-corrected chi connectivity index (χ1v) is 6.04. The van der Waals surface area contributed by atoms with Gasteiger partial charge < -0.3 is 20.5 Å². The number of methoxy groups -OCH3 is 2. The van der Waals surface area contributed by atoms with E-state index in [1.165, 1.54) is 14.2 Å². The monoisotopic (exact) mass is 296 g/mol. The number of carbonyl (C=O) groups is 2. The maximum Gasteiger partial charge on any atom is 0.328 e. The van der Waals surface area contributed by atoms with Crippen LogP contribution in [0.15, 0.2) is 0 Å². The Morgan fingerprint density at radius 2 is 1.84 bits per heavy atom. The number of halogens is 1. The lowest BCUT2D eigenvalue weighted by molar-refractivity contribution is -0.145. The highest BCUT2D eigenvalue weighted by molar-refractivity contribution is 5.85. The fraction of sp³-hybridized carbons (Fsp3) is 0.833. The van der Waals surface area contributed by atoms with Gasteiger partial charge in [-0.25, -0.2) is 4.79 Å².